The minimum absolute atomic E-state index is 0.121. The molecule has 0 aromatic heterocycles. The van der Waals surface area contributed by atoms with Gasteiger partial charge in [-0.3, -0.25) is 14.8 Å². The van der Waals surface area contributed by atoms with E-state index >= 15 is 0 Å². The van der Waals surface area contributed by atoms with E-state index in [1.165, 1.54) is 12.4 Å². The van der Waals surface area contributed by atoms with Gasteiger partial charge < -0.3 is 21.1 Å². The summed E-state index contributed by atoms with van der Waals surface area (Å²) in [5.41, 5.74) is 6.08. The van der Waals surface area contributed by atoms with Crippen molar-refractivity contribution in [2.45, 2.75) is 25.6 Å². The van der Waals surface area contributed by atoms with E-state index in [1.54, 1.807) is 12.1 Å². The standard InChI is InChI=1S/C27H28Cl2N4O4/c1-16(31-26(17(2)34)27(36)33-37)18-3-5-19(6-4-18)20-8-11-23(12-9-20)32-25(35)15-30-14-21-7-10-22(28)13-24(21)29/h3-13,17,26,30-31,34,37H,1,14-15H2,2H3,(H,32,35)(H,33,36)/t17-,26+/m1/s1. The molecule has 0 saturated heterocycles. The van der Waals surface area contributed by atoms with Crippen LogP contribution in [0.25, 0.3) is 16.8 Å². The number of halogens is 2. The molecule has 0 spiro atoms. The van der Waals surface area contributed by atoms with Gasteiger partial charge in [0, 0.05) is 28.0 Å². The van der Waals surface area contributed by atoms with Crippen molar-refractivity contribution in [2.75, 3.05) is 11.9 Å². The van der Waals surface area contributed by atoms with Gasteiger partial charge in [0.25, 0.3) is 5.91 Å². The van der Waals surface area contributed by atoms with E-state index in [0.717, 1.165) is 22.3 Å². The van der Waals surface area contributed by atoms with Crippen molar-refractivity contribution in [3.63, 3.8) is 0 Å². The van der Waals surface area contributed by atoms with Crippen LogP contribution in [0, 0.1) is 0 Å². The molecule has 0 aliphatic rings. The molecule has 0 unspecified atom stereocenters. The van der Waals surface area contributed by atoms with E-state index in [1.807, 2.05) is 54.6 Å². The van der Waals surface area contributed by atoms with Crippen molar-refractivity contribution in [1.29, 1.82) is 0 Å². The van der Waals surface area contributed by atoms with Gasteiger partial charge in [0.2, 0.25) is 5.91 Å². The average Bonchev–Trinajstić information content (AvgIpc) is 2.88. The van der Waals surface area contributed by atoms with Crippen molar-refractivity contribution in [3.05, 3.63) is 94.5 Å². The lowest BCUT2D eigenvalue weighted by Gasteiger charge is -2.22. The first-order chi connectivity index (χ1) is 17.7. The second-order valence-electron chi connectivity index (χ2n) is 8.36. The molecule has 0 saturated carbocycles. The van der Waals surface area contributed by atoms with Gasteiger partial charge in [-0.2, -0.15) is 0 Å². The molecule has 37 heavy (non-hydrogen) atoms. The summed E-state index contributed by atoms with van der Waals surface area (Å²) in [4.78, 5) is 24.0. The molecule has 0 heterocycles. The molecule has 0 aliphatic heterocycles. The monoisotopic (exact) mass is 542 g/mol. The number of hydroxylamine groups is 1. The molecular weight excluding hydrogens is 515 g/mol. The van der Waals surface area contributed by atoms with Gasteiger partial charge in [0.15, 0.2) is 0 Å². The zero-order valence-electron chi connectivity index (χ0n) is 20.1. The molecule has 3 aromatic rings. The zero-order valence-corrected chi connectivity index (χ0v) is 21.6. The molecular formula is C27H28Cl2N4O4. The Balaban J connectivity index is 1.53. The maximum Gasteiger partial charge on any atom is 0.268 e. The molecule has 10 heteroatoms. The largest absolute Gasteiger partial charge is 0.391 e. The normalized spacial score (nSPS) is 12.4. The van der Waals surface area contributed by atoms with E-state index in [-0.39, 0.29) is 12.5 Å². The molecule has 0 aliphatic carbocycles. The zero-order chi connectivity index (χ0) is 26.9. The van der Waals surface area contributed by atoms with Crippen LogP contribution >= 0.6 is 23.2 Å². The molecule has 6 N–H and O–H groups in total. The number of amides is 2. The highest BCUT2D eigenvalue weighted by Crippen LogP contribution is 2.24. The molecule has 0 fully saturated rings. The fourth-order valence-electron chi connectivity index (χ4n) is 3.54. The summed E-state index contributed by atoms with van der Waals surface area (Å²) in [5.74, 6) is -0.944. The molecule has 0 radical (unpaired) electrons. The number of benzene rings is 3. The number of hydrogen-bond acceptors (Lipinski definition) is 6. The Hall–Kier alpha value is -3.40. The lowest BCUT2D eigenvalue weighted by molar-refractivity contribution is -0.133. The quantitative estimate of drug-likeness (QED) is 0.159. The second-order valence-corrected chi connectivity index (χ2v) is 9.20. The Kier molecular flexibility index (Phi) is 10.1. The Morgan fingerprint density at radius 1 is 0.973 bits per heavy atom. The number of carbonyl (C=O) groups is 2. The van der Waals surface area contributed by atoms with Gasteiger partial charge >= 0.3 is 0 Å². The molecule has 3 aromatic carbocycles. The van der Waals surface area contributed by atoms with Crippen molar-refractivity contribution in [1.82, 2.24) is 16.1 Å². The summed E-state index contributed by atoms with van der Waals surface area (Å²) in [7, 11) is 0. The number of rotatable bonds is 11. The van der Waals surface area contributed by atoms with Crippen LogP contribution < -0.4 is 21.4 Å². The number of carbonyl (C=O) groups excluding carboxylic acids is 2. The van der Waals surface area contributed by atoms with Crippen LogP contribution in [-0.2, 0) is 16.1 Å². The number of nitrogens with one attached hydrogen (secondary N) is 4. The maximum absolute atomic E-state index is 12.3. The van der Waals surface area contributed by atoms with Crippen molar-refractivity contribution >= 4 is 46.4 Å². The summed E-state index contributed by atoms with van der Waals surface area (Å²) in [6.07, 6.45) is -1.04. The fraction of sp³-hybridized carbons (Fsp3) is 0.185. The second kappa shape index (κ2) is 13.2. The minimum Gasteiger partial charge on any atom is -0.391 e. The summed E-state index contributed by atoms with van der Waals surface area (Å²) in [6.45, 7) is 5.90. The predicted octanol–water partition coefficient (Wildman–Crippen LogP) is 4.20. The van der Waals surface area contributed by atoms with Gasteiger partial charge in [-0.1, -0.05) is 72.2 Å². The predicted molar refractivity (Wildman–Crippen MR) is 146 cm³/mol. The highest BCUT2D eigenvalue weighted by molar-refractivity contribution is 6.35. The number of aliphatic hydroxyl groups is 1. The third-order valence-corrected chi connectivity index (χ3v) is 6.14. The topological polar surface area (TPSA) is 123 Å². The molecule has 3 rings (SSSR count). The molecule has 2 atom stereocenters. The Labute approximate surface area is 225 Å². The highest BCUT2D eigenvalue weighted by Gasteiger charge is 2.23. The molecule has 0 bridgehead atoms. The average molecular weight is 543 g/mol. The van der Waals surface area contributed by atoms with Crippen LogP contribution in [0.1, 0.15) is 18.1 Å². The first-order valence-electron chi connectivity index (χ1n) is 11.4. The summed E-state index contributed by atoms with van der Waals surface area (Å²) in [6, 6.07) is 19.0. The number of hydrogen-bond donors (Lipinski definition) is 6. The van der Waals surface area contributed by atoms with E-state index in [9.17, 15) is 14.7 Å². The van der Waals surface area contributed by atoms with Crippen LogP contribution in [0.15, 0.2) is 73.3 Å². The number of aliphatic hydroxyl groups excluding tert-OH is 1. The van der Waals surface area contributed by atoms with Crippen molar-refractivity contribution in [2.24, 2.45) is 0 Å². The van der Waals surface area contributed by atoms with Crippen LogP contribution in [0.5, 0.6) is 0 Å². The van der Waals surface area contributed by atoms with Crippen LogP contribution in [-0.4, -0.2) is 40.8 Å². The van der Waals surface area contributed by atoms with Crippen molar-refractivity contribution in [3.8, 4) is 11.1 Å². The van der Waals surface area contributed by atoms with E-state index in [4.69, 9.17) is 28.4 Å². The SMILES string of the molecule is C=C(N[C@H](C(=O)NO)[C@@H](C)O)c1ccc(-c2ccc(NC(=O)CNCc3ccc(Cl)cc3Cl)cc2)cc1. The minimum atomic E-state index is -1.05. The van der Waals surface area contributed by atoms with E-state index in [0.29, 0.717) is 28.0 Å². The maximum atomic E-state index is 12.3. The lowest BCUT2D eigenvalue weighted by Crippen LogP contribution is -2.48. The molecule has 8 nitrogen and oxygen atoms in total. The number of anilines is 1. The van der Waals surface area contributed by atoms with Gasteiger partial charge in [0.05, 0.1) is 12.6 Å². The third-order valence-electron chi connectivity index (χ3n) is 5.56. The van der Waals surface area contributed by atoms with Gasteiger partial charge in [0.1, 0.15) is 6.04 Å². The Morgan fingerprint density at radius 3 is 2.16 bits per heavy atom. The third kappa shape index (κ3) is 8.04. The Bertz CT molecular complexity index is 1250. The lowest BCUT2D eigenvalue weighted by atomic mass is 10.0. The Morgan fingerprint density at radius 2 is 1.59 bits per heavy atom. The van der Waals surface area contributed by atoms with Crippen molar-refractivity contribution < 1.29 is 19.9 Å². The summed E-state index contributed by atoms with van der Waals surface area (Å²) >= 11 is 12.0. The highest BCUT2D eigenvalue weighted by atomic mass is 35.5. The van der Waals surface area contributed by atoms with Crippen LogP contribution in [0.3, 0.4) is 0 Å². The first kappa shape index (κ1) is 28.2. The summed E-state index contributed by atoms with van der Waals surface area (Å²) < 4.78 is 0. The molecule has 194 valence electrons. The summed E-state index contributed by atoms with van der Waals surface area (Å²) in [5, 5.41) is 28.5. The van der Waals surface area contributed by atoms with E-state index < -0.39 is 18.1 Å². The van der Waals surface area contributed by atoms with Crippen LogP contribution in [0.4, 0.5) is 5.69 Å². The molecule has 2 amide bonds. The van der Waals surface area contributed by atoms with Gasteiger partial charge in [-0.05, 0) is 53.4 Å². The van der Waals surface area contributed by atoms with E-state index in [2.05, 4.69) is 22.5 Å². The fourth-order valence-corrected chi connectivity index (χ4v) is 4.01. The van der Waals surface area contributed by atoms with Gasteiger partial charge in [-0.25, -0.2) is 5.48 Å². The van der Waals surface area contributed by atoms with Crippen LogP contribution in [0.2, 0.25) is 10.0 Å². The smallest absolute Gasteiger partial charge is 0.268 e. The first-order valence-corrected chi connectivity index (χ1v) is 12.2. The van der Waals surface area contributed by atoms with Gasteiger partial charge in [-0.15, -0.1) is 0 Å².